The number of aryl methyl sites for hydroxylation is 1. The predicted octanol–water partition coefficient (Wildman–Crippen LogP) is 4.14. The number of thioether (sulfide) groups is 1. The van der Waals surface area contributed by atoms with Gasteiger partial charge in [0, 0.05) is 29.3 Å². The molecule has 0 saturated carbocycles. The third-order valence-corrected chi connectivity index (χ3v) is 6.01. The molecule has 1 saturated heterocycles. The van der Waals surface area contributed by atoms with Crippen LogP contribution in [0.2, 0.25) is 0 Å². The number of carbonyl (C=O) groups excluding carboxylic acids is 1. The normalized spacial score (nSPS) is 16.9. The number of ether oxygens (including phenoxy) is 1. The summed E-state index contributed by atoms with van der Waals surface area (Å²) in [5.74, 6) is 2.42. The molecule has 1 N–H and O–H groups in total. The average molecular weight is 371 g/mol. The van der Waals surface area contributed by atoms with E-state index in [9.17, 15) is 4.79 Å². The number of pyridine rings is 1. The van der Waals surface area contributed by atoms with Crippen molar-refractivity contribution in [3.8, 4) is 5.88 Å². The van der Waals surface area contributed by atoms with E-state index in [0.717, 1.165) is 38.8 Å². The largest absolute Gasteiger partial charge is 0.473 e. The molecule has 0 spiro atoms. The molecule has 1 aromatic carbocycles. The van der Waals surface area contributed by atoms with Gasteiger partial charge in [0.15, 0.2) is 0 Å². The van der Waals surface area contributed by atoms with Crippen LogP contribution in [0.5, 0.6) is 5.88 Å². The van der Waals surface area contributed by atoms with E-state index in [4.69, 9.17) is 4.74 Å². The number of amides is 1. The van der Waals surface area contributed by atoms with E-state index in [0.29, 0.717) is 11.4 Å². The number of carbonyl (C=O) groups is 1. The first-order valence-electron chi connectivity index (χ1n) is 8.06. The highest BCUT2D eigenvalue weighted by atomic mass is 32.2. The van der Waals surface area contributed by atoms with Crippen LogP contribution in [0.3, 0.4) is 0 Å². The Hall–Kier alpha value is -2.12. The quantitative estimate of drug-likeness (QED) is 0.747. The number of rotatable bonds is 4. The number of thiazole rings is 1. The number of benzene rings is 1. The zero-order chi connectivity index (χ0) is 17.2. The Kier molecular flexibility index (Phi) is 4.59. The fourth-order valence-electron chi connectivity index (χ4n) is 2.72. The third-order valence-electron chi connectivity index (χ3n) is 3.92. The Morgan fingerprint density at radius 1 is 1.32 bits per heavy atom. The summed E-state index contributed by atoms with van der Waals surface area (Å²) < 4.78 is 6.97. The van der Waals surface area contributed by atoms with Crippen molar-refractivity contribution in [1.82, 2.24) is 9.97 Å². The maximum atomic E-state index is 12.5. The Labute approximate surface area is 153 Å². The molecular weight excluding hydrogens is 354 g/mol. The Morgan fingerprint density at radius 2 is 2.24 bits per heavy atom. The number of nitrogens with zero attached hydrogens (tertiary/aromatic N) is 2. The molecule has 0 bridgehead atoms. The lowest BCUT2D eigenvalue weighted by molar-refractivity contribution is 0.102. The number of nitrogens with one attached hydrogen (secondary N) is 1. The van der Waals surface area contributed by atoms with Gasteiger partial charge >= 0.3 is 0 Å². The van der Waals surface area contributed by atoms with Crippen LogP contribution in [0.15, 0.2) is 36.5 Å². The summed E-state index contributed by atoms with van der Waals surface area (Å²) in [6, 6.07) is 9.16. The van der Waals surface area contributed by atoms with Gasteiger partial charge in [0.1, 0.15) is 6.10 Å². The summed E-state index contributed by atoms with van der Waals surface area (Å²) in [4.78, 5) is 21.2. The molecule has 128 valence electrons. The summed E-state index contributed by atoms with van der Waals surface area (Å²) in [5.41, 5.74) is 2.16. The average Bonchev–Trinajstić information content (AvgIpc) is 3.23. The summed E-state index contributed by atoms with van der Waals surface area (Å²) in [6.45, 7) is 1.98. The van der Waals surface area contributed by atoms with Crippen molar-refractivity contribution in [2.24, 2.45) is 0 Å². The second-order valence-electron chi connectivity index (χ2n) is 5.86. The smallest absolute Gasteiger partial charge is 0.255 e. The van der Waals surface area contributed by atoms with Gasteiger partial charge in [-0.2, -0.15) is 11.8 Å². The minimum absolute atomic E-state index is 0.181. The van der Waals surface area contributed by atoms with Crippen LogP contribution in [0.1, 0.15) is 21.8 Å². The first kappa shape index (κ1) is 16.4. The molecule has 1 amide bonds. The van der Waals surface area contributed by atoms with Gasteiger partial charge in [-0.3, -0.25) is 4.79 Å². The zero-order valence-corrected chi connectivity index (χ0v) is 15.3. The van der Waals surface area contributed by atoms with E-state index in [2.05, 4.69) is 15.3 Å². The maximum Gasteiger partial charge on any atom is 0.255 e. The van der Waals surface area contributed by atoms with Crippen molar-refractivity contribution in [2.75, 3.05) is 16.8 Å². The SMILES string of the molecule is Cc1nc2cc(NC(=O)c3ccnc(OC4CCSC4)c3)ccc2s1. The second kappa shape index (κ2) is 7.01. The van der Waals surface area contributed by atoms with Gasteiger partial charge in [-0.1, -0.05) is 0 Å². The van der Waals surface area contributed by atoms with Crippen LogP contribution in [0.25, 0.3) is 10.2 Å². The molecule has 25 heavy (non-hydrogen) atoms. The zero-order valence-electron chi connectivity index (χ0n) is 13.7. The molecule has 1 unspecified atom stereocenters. The minimum Gasteiger partial charge on any atom is -0.473 e. The molecule has 3 aromatic rings. The minimum atomic E-state index is -0.181. The molecule has 2 aromatic heterocycles. The molecule has 5 nitrogen and oxygen atoms in total. The Balaban J connectivity index is 1.49. The van der Waals surface area contributed by atoms with Crippen LogP contribution in [-0.2, 0) is 0 Å². The molecule has 1 atom stereocenters. The molecule has 1 fully saturated rings. The lowest BCUT2D eigenvalue weighted by Gasteiger charge is -2.12. The van der Waals surface area contributed by atoms with Gasteiger partial charge in [0.2, 0.25) is 5.88 Å². The summed E-state index contributed by atoms with van der Waals surface area (Å²) in [5, 5.41) is 3.93. The number of anilines is 1. The lowest BCUT2D eigenvalue weighted by atomic mass is 10.2. The second-order valence-corrected chi connectivity index (χ2v) is 8.24. The number of aromatic nitrogens is 2. The van der Waals surface area contributed by atoms with Gasteiger partial charge in [-0.05, 0) is 43.4 Å². The van der Waals surface area contributed by atoms with Crippen molar-refractivity contribution < 1.29 is 9.53 Å². The Morgan fingerprint density at radius 3 is 3.08 bits per heavy atom. The van der Waals surface area contributed by atoms with Gasteiger partial charge < -0.3 is 10.1 Å². The van der Waals surface area contributed by atoms with Crippen LogP contribution < -0.4 is 10.1 Å². The van der Waals surface area contributed by atoms with Crippen molar-refractivity contribution >= 4 is 44.9 Å². The number of hydrogen-bond donors (Lipinski definition) is 1. The van der Waals surface area contributed by atoms with Crippen LogP contribution in [0.4, 0.5) is 5.69 Å². The van der Waals surface area contributed by atoms with E-state index in [1.165, 1.54) is 0 Å². The van der Waals surface area contributed by atoms with E-state index in [-0.39, 0.29) is 12.0 Å². The van der Waals surface area contributed by atoms with Gasteiger partial charge in [-0.25, -0.2) is 9.97 Å². The fourth-order valence-corrected chi connectivity index (χ4v) is 4.62. The monoisotopic (exact) mass is 371 g/mol. The van der Waals surface area contributed by atoms with E-state index >= 15 is 0 Å². The summed E-state index contributed by atoms with van der Waals surface area (Å²) in [6.07, 6.45) is 2.82. The van der Waals surface area contributed by atoms with Crippen LogP contribution >= 0.6 is 23.1 Å². The lowest BCUT2D eigenvalue weighted by Crippen LogP contribution is -2.17. The van der Waals surface area contributed by atoms with Crippen molar-refractivity contribution in [3.05, 3.63) is 47.1 Å². The molecule has 1 aliphatic rings. The van der Waals surface area contributed by atoms with Crippen molar-refractivity contribution in [3.63, 3.8) is 0 Å². The molecule has 7 heteroatoms. The van der Waals surface area contributed by atoms with Crippen LogP contribution in [0, 0.1) is 6.92 Å². The third kappa shape index (κ3) is 3.77. The van der Waals surface area contributed by atoms with Crippen molar-refractivity contribution in [1.29, 1.82) is 0 Å². The standard InChI is InChI=1S/C18H17N3O2S2/c1-11-20-15-9-13(2-3-16(15)25-11)21-18(22)12-4-6-19-17(8-12)23-14-5-7-24-10-14/h2-4,6,8-9,14H,5,7,10H2,1H3,(H,21,22). The summed E-state index contributed by atoms with van der Waals surface area (Å²) in [7, 11) is 0. The molecule has 4 rings (SSSR count). The number of fused-ring (bicyclic) bond motifs is 1. The topological polar surface area (TPSA) is 64.1 Å². The molecule has 0 aliphatic carbocycles. The first-order chi connectivity index (χ1) is 12.2. The Bertz CT molecular complexity index is 920. The predicted molar refractivity (Wildman–Crippen MR) is 103 cm³/mol. The van der Waals surface area contributed by atoms with Crippen molar-refractivity contribution in [2.45, 2.75) is 19.4 Å². The number of hydrogen-bond acceptors (Lipinski definition) is 6. The van der Waals surface area contributed by atoms with Crippen LogP contribution in [-0.4, -0.2) is 33.5 Å². The van der Waals surface area contributed by atoms with E-state index < -0.39 is 0 Å². The molecular formula is C18H17N3O2S2. The van der Waals surface area contributed by atoms with Gasteiger partial charge in [0.25, 0.3) is 5.91 Å². The highest BCUT2D eigenvalue weighted by Gasteiger charge is 2.18. The van der Waals surface area contributed by atoms with E-state index in [1.807, 2.05) is 36.9 Å². The fraction of sp³-hybridized carbons (Fsp3) is 0.278. The highest BCUT2D eigenvalue weighted by Crippen LogP contribution is 2.25. The van der Waals surface area contributed by atoms with Gasteiger partial charge in [-0.15, -0.1) is 11.3 Å². The summed E-state index contributed by atoms with van der Waals surface area (Å²) >= 11 is 3.52. The van der Waals surface area contributed by atoms with Gasteiger partial charge in [0.05, 0.1) is 15.2 Å². The highest BCUT2D eigenvalue weighted by molar-refractivity contribution is 7.99. The van der Waals surface area contributed by atoms with E-state index in [1.54, 1.807) is 29.7 Å². The maximum absolute atomic E-state index is 12.5. The first-order valence-corrected chi connectivity index (χ1v) is 10.0. The molecule has 0 radical (unpaired) electrons. The molecule has 1 aliphatic heterocycles. The molecule has 3 heterocycles.